The van der Waals surface area contributed by atoms with Gasteiger partial charge in [-0.2, -0.15) is 0 Å². The Morgan fingerprint density at radius 2 is 2.25 bits per heavy atom. The molecule has 0 aliphatic heterocycles. The Labute approximate surface area is 90.7 Å². The van der Waals surface area contributed by atoms with Crippen molar-refractivity contribution < 1.29 is 14.4 Å². The second kappa shape index (κ2) is 3.93. The quantitative estimate of drug-likeness (QED) is 0.520. The molecule has 0 atom stereocenters. The van der Waals surface area contributed by atoms with E-state index in [1.807, 2.05) is 0 Å². The zero-order valence-corrected chi connectivity index (χ0v) is 8.18. The van der Waals surface area contributed by atoms with E-state index in [-0.39, 0.29) is 22.8 Å². The lowest BCUT2D eigenvalue weighted by Crippen LogP contribution is -2.12. The highest BCUT2D eigenvalue weighted by molar-refractivity contribution is 6.06. The molecule has 82 valence electrons. The summed E-state index contributed by atoms with van der Waals surface area (Å²) in [7, 11) is 0. The van der Waals surface area contributed by atoms with Gasteiger partial charge in [0.1, 0.15) is 6.26 Å². The van der Waals surface area contributed by atoms with Gasteiger partial charge in [-0.05, 0) is 12.1 Å². The van der Waals surface area contributed by atoms with E-state index in [9.17, 15) is 9.90 Å². The largest absolute Gasteiger partial charge is 0.505 e. The third kappa shape index (κ3) is 1.81. The number of nitrogens with zero attached hydrogens (tertiary/aromatic N) is 1. The number of nitrogen functional groups attached to an aromatic ring is 1. The van der Waals surface area contributed by atoms with Gasteiger partial charge in [0.2, 0.25) is 0 Å². The SMILES string of the molecule is Nc1cccc(C(=O)Nc2ccon2)c1O. The number of hydrogen-bond acceptors (Lipinski definition) is 5. The number of phenolic OH excluding ortho intramolecular Hbond substituents is 1. The van der Waals surface area contributed by atoms with Crippen LogP contribution in [0.15, 0.2) is 35.1 Å². The zero-order valence-electron chi connectivity index (χ0n) is 8.18. The van der Waals surface area contributed by atoms with E-state index in [0.29, 0.717) is 0 Å². The number of carbonyl (C=O) groups excluding carboxylic acids is 1. The second-order valence-corrected chi connectivity index (χ2v) is 3.08. The molecule has 2 aromatic rings. The maximum atomic E-state index is 11.7. The monoisotopic (exact) mass is 219 g/mol. The van der Waals surface area contributed by atoms with Gasteiger partial charge in [-0.1, -0.05) is 11.2 Å². The number of nitrogens with one attached hydrogen (secondary N) is 1. The van der Waals surface area contributed by atoms with E-state index in [1.165, 1.54) is 24.5 Å². The third-order valence-corrected chi connectivity index (χ3v) is 1.99. The standard InChI is InChI=1S/C10H9N3O3/c11-7-3-1-2-6(9(7)14)10(15)12-8-4-5-16-13-8/h1-5,14H,11H2,(H,12,13,15). The maximum Gasteiger partial charge on any atom is 0.260 e. The highest BCUT2D eigenvalue weighted by Gasteiger charge is 2.13. The number of rotatable bonds is 2. The van der Waals surface area contributed by atoms with Gasteiger partial charge in [-0.15, -0.1) is 0 Å². The summed E-state index contributed by atoms with van der Waals surface area (Å²) >= 11 is 0. The van der Waals surface area contributed by atoms with Crippen molar-refractivity contribution in [3.05, 3.63) is 36.1 Å². The molecule has 0 aliphatic carbocycles. The van der Waals surface area contributed by atoms with Crippen LogP contribution in [0, 0.1) is 0 Å². The highest BCUT2D eigenvalue weighted by Crippen LogP contribution is 2.24. The van der Waals surface area contributed by atoms with Crippen molar-refractivity contribution in [2.45, 2.75) is 0 Å². The van der Waals surface area contributed by atoms with Gasteiger partial charge in [0.05, 0.1) is 11.3 Å². The summed E-state index contributed by atoms with van der Waals surface area (Å²) in [5.74, 6) is -0.478. The molecule has 0 spiro atoms. The number of phenols is 1. The molecule has 2 rings (SSSR count). The van der Waals surface area contributed by atoms with Crippen LogP contribution < -0.4 is 11.1 Å². The summed E-state index contributed by atoms with van der Waals surface area (Å²) < 4.78 is 4.55. The minimum absolute atomic E-state index is 0.0861. The molecule has 1 aromatic carbocycles. The summed E-state index contributed by atoms with van der Waals surface area (Å²) in [4.78, 5) is 11.7. The summed E-state index contributed by atoms with van der Waals surface area (Å²) in [5, 5.41) is 15.5. The van der Waals surface area contributed by atoms with E-state index in [4.69, 9.17) is 5.73 Å². The Hall–Kier alpha value is -2.50. The minimum Gasteiger partial charge on any atom is -0.505 e. The number of nitrogens with two attached hydrogens (primary N) is 1. The fourth-order valence-corrected chi connectivity index (χ4v) is 1.21. The highest BCUT2D eigenvalue weighted by atomic mass is 16.5. The van der Waals surface area contributed by atoms with Crippen LogP contribution in [-0.2, 0) is 0 Å². The van der Waals surface area contributed by atoms with Gasteiger partial charge in [0.25, 0.3) is 5.91 Å². The van der Waals surface area contributed by atoms with Crippen LogP contribution in [0.4, 0.5) is 11.5 Å². The molecule has 16 heavy (non-hydrogen) atoms. The number of anilines is 2. The average molecular weight is 219 g/mol. The van der Waals surface area contributed by atoms with E-state index >= 15 is 0 Å². The fraction of sp³-hybridized carbons (Fsp3) is 0. The lowest BCUT2D eigenvalue weighted by molar-refractivity contribution is 0.102. The van der Waals surface area contributed by atoms with Crippen LogP contribution in [-0.4, -0.2) is 16.2 Å². The van der Waals surface area contributed by atoms with Crippen molar-refractivity contribution in [2.24, 2.45) is 0 Å². The van der Waals surface area contributed by atoms with Crippen molar-refractivity contribution in [2.75, 3.05) is 11.1 Å². The van der Waals surface area contributed by atoms with Gasteiger partial charge in [0, 0.05) is 6.07 Å². The molecule has 0 radical (unpaired) electrons. The van der Waals surface area contributed by atoms with Crippen LogP contribution in [0.25, 0.3) is 0 Å². The molecule has 1 heterocycles. The number of benzene rings is 1. The first-order valence-corrected chi connectivity index (χ1v) is 4.47. The van der Waals surface area contributed by atoms with Crippen LogP contribution in [0.2, 0.25) is 0 Å². The summed E-state index contributed by atoms with van der Waals surface area (Å²) in [6.45, 7) is 0. The predicted molar refractivity (Wildman–Crippen MR) is 57.0 cm³/mol. The zero-order chi connectivity index (χ0) is 11.5. The normalized spacial score (nSPS) is 10.0. The Morgan fingerprint density at radius 3 is 2.94 bits per heavy atom. The van der Waals surface area contributed by atoms with Crippen LogP contribution in [0.3, 0.4) is 0 Å². The van der Waals surface area contributed by atoms with E-state index < -0.39 is 5.91 Å². The molecule has 6 nitrogen and oxygen atoms in total. The summed E-state index contributed by atoms with van der Waals surface area (Å²) in [6, 6.07) is 6.03. The lowest BCUT2D eigenvalue weighted by atomic mass is 10.1. The average Bonchev–Trinajstić information content (AvgIpc) is 2.74. The molecule has 4 N–H and O–H groups in total. The number of aromatic hydroxyl groups is 1. The van der Waals surface area contributed by atoms with Gasteiger partial charge in [-0.25, -0.2) is 0 Å². The van der Waals surface area contributed by atoms with E-state index in [2.05, 4.69) is 15.0 Å². The number of hydrogen-bond donors (Lipinski definition) is 3. The molecule has 0 bridgehead atoms. The van der Waals surface area contributed by atoms with E-state index in [1.54, 1.807) is 6.07 Å². The molecular weight excluding hydrogens is 210 g/mol. The van der Waals surface area contributed by atoms with E-state index in [0.717, 1.165) is 0 Å². The Balaban J connectivity index is 2.24. The minimum atomic E-state index is -0.501. The third-order valence-electron chi connectivity index (χ3n) is 1.99. The van der Waals surface area contributed by atoms with Crippen molar-refractivity contribution in [3.8, 4) is 5.75 Å². The fourth-order valence-electron chi connectivity index (χ4n) is 1.21. The van der Waals surface area contributed by atoms with Crippen molar-refractivity contribution >= 4 is 17.4 Å². The van der Waals surface area contributed by atoms with Gasteiger partial charge < -0.3 is 20.7 Å². The first-order chi connectivity index (χ1) is 7.68. The molecule has 1 amide bonds. The summed E-state index contributed by atoms with van der Waals surface area (Å²) in [5.41, 5.74) is 5.70. The number of aromatic nitrogens is 1. The Morgan fingerprint density at radius 1 is 1.44 bits per heavy atom. The molecule has 6 heteroatoms. The molecular formula is C10H9N3O3. The first kappa shape index (κ1) is 10.0. The number of carbonyl (C=O) groups is 1. The first-order valence-electron chi connectivity index (χ1n) is 4.47. The predicted octanol–water partition coefficient (Wildman–Crippen LogP) is 1.21. The smallest absolute Gasteiger partial charge is 0.260 e. The van der Waals surface area contributed by atoms with Crippen molar-refractivity contribution in [1.82, 2.24) is 5.16 Å². The van der Waals surface area contributed by atoms with Crippen molar-refractivity contribution in [3.63, 3.8) is 0 Å². The van der Waals surface area contributed by atoms with Crippen LogP contribution in [0.1, 0.15) is 10.4 Å². The van der Waals surface area contributed by atoms with Gasteiger partial charge >= 0.3 is 0 Å². The van der Waals surface area contributed by atoms with Gasteiger partial charge in [-0.3, -0.25) is 4.79 Å². The number of para-hydroxylation sites is 1. The molecule has 0 saturated heterocycles. The molecule has 1 aromatic heterocycles. The van der Waals surface area contributed by atoms with Crippen LogP contribution >= 0.6 is 0 Å². The van der Waals surface area contributed by atoms with Crippen LogP contribution in [0.5, 0.6) is 5.75 Å². The van der Waals surface area contributed by atoms with Crippen molar-refractivity contribution in [1.29, 1.82) is 0 Å². The maximum absolute atomic E-state index is 11.7. The Bertz CT molecular complexity index is 508. The summed E-state index contributed by atoms with van der Waals surface area (Å²) in [6.07, 6.45) is 1.33. The molecule has 0 aliphatic rings. The molecule has 0 saturated carbocycles. The topological polar surface area (TPSA) is 101 Å². The molecule has 0 fully saturated rings. The second-order valence-electron chi connectivity index (χ2n) is 3.08. The van der Waals surface area contributed by atoms with Gasteiger partial charge in [0.15, 0.2) is 11.6 Å². The number of amides is 1. The Kier molecular flexibility index (Phi) is 2.47. The lowest BCUT2D eigenvalue weighted by Gasteiger charge is -2.05. The molecule has 0 unspecified atom stereocenters.